The van der Waals surface area contributed by atoms with Crippen LogP contribution in [0.15, 0.2) is 53.7 Å². The molecule has 0 bridgehead atoms. The van der Waals surface area contributed by atoms with Gasteiger partial charge < -0.3 is 10.3 Å². The Balaban J connectivity index is 1.50. The number of hydrogen-bond donors (Lipinski definition) is 3. The van der Waals surface area contributed by atoms with Gasteiger partial charge in [0.25, 0.3) is 0 Å². The van der Waals surface area contributed by atoms with Crippen LogP contribution in [0.2, 0.25) is 0 Å². The third kappa shape index (κ3) is 3.39. The normalized spacial score (nSPS) is 11.6. The van der Waals surface area contributed by atoms with E-state index in [0.717, 1.165) is 22.3 Å². The van der Waals surface area contributed by atoms with Gasteiger partial charge in [0.15, 0.2) is 17.3 Å². The number of nitrogens with zero attached hydrogens (tertiary/aromatic N) is 5. The zero-order valence-corrected chi connectivity index (χ0v) is 19.1. The molecule has 6 aromatic heterocycles. The number of fused-ring (bicyclic) bond motifs is 2. The van der Waals surface area contributed by atoms with Crippen molar-refractivity contribution in [1.29, 1.82) is 0 Å². The van der Waals surface area contributed by atoms with Gasteiger partial charge in [0.05, 0.1) is 28.3 Å². The lowest BCUT2D eigenvalue weighted by Crippen LogP contribution is -2.09. The van der Waals surface area contributed by atoms with Crippen LogP contribution >= 0.6 is 11.3 Å². The maximum atomic E-state index is 15.9. The molecule has 0 amide bonds. The maximum absolute atomic E-state index is 15.9. The zero-order valence-electron chi connectivity index (χ0n) is 18.3. The fraction of sp³-hybridized carbons (Fsp3) is 0.125. The Bertz CT molecular complexity index is 1630. The highest BCUT2D eigenvalue weighted by molar-refractivity contribution is 7.08. The highest BCUT2D eigenvalue weighted by atomic mass is 32.1. The second kappa shape index (κ2) is 7.99. The molecule has 0 atom stereocenters. The van der Waals surface area contributed by atoms with Crippen molar-refractivity contribution in [2.24, 2.45) is 0 Å². The first-order valence-electron chi connectivity index (χ1n) is 10.7. The van der Waals surface area contributed by atoms with Crippen molar-refractivity contribution >= 4 is 39.1 Å². The number of imidazole rings is 1. The van der Waals surface area contributed by atoms with E-state index in [-0.39, 0.29) is 11.7 Å². The Morgan fingerprint density at radius 1 is 1.06 bits per heavy atom. The Morgan fingerprint density at radius 3 is 2.79 bits per heavy atom. The molecule has 8 nitrogen and oxygen atoms in total. The van der Waals surface area contributed by atoms with Crippen molar-refractivity contribution in [3.05, 3.63) is 59.6 Å². The van der Waals surface area contributed by atoms with Gasteiger partial charge >= 0.3 is 0 Å². The molecule has 34 heavy (non-hydrogen) atoms. The SMILES string of the molecule is CC(C)Nc1cncc(-c2ncc3[nH]nc(-c4nc5nccc(-c6ccsc6)c5[nH]4)c3c2F)c1. The summed E-state index contributed by atoms with van der Waals surface area (Å²) in [6.45, 7) is 4.06. The minimum Gasteiger partial charge on any atom is -0.382 e. The summed E-state index contributed by atoms with van der Waals surface area (Å²) in [7, 11) is 0. The summed E-state index contributed by atoms with van der Waals surface area (Å²) in [5.74, 6) is -0.0583. The second-order valence-corrected chi connectivity index (χ2v) is 8.98. The second-order valence-electron chi connectivity index (χ2n) is 8.20. The van der Waals surface area contributed by atoms with Crippen molar-refractivity contribution < 1.29 is 4.39 Å². The van der Waals surface area contributed by atoms with Crippen molar-refractivity contribution in [1.82, 2.24) is 35.1 Å². The van der Waals surface area contributed by atoms with Crippen LogP contribution < -0.4 is 5.32 Å². The van der Waals surface area contributed by atoms with Gasteiger partial charge in [0.1, 0.15) is 11.4 Å². The molecule has 0 aliphatic heterocycles. The van der Waals surface area contributed by atoms with Crippen molar-refractivity contribution in [3.8, 4) is 33.9 Å². The molecular formula is C24H19FN8S. The molecular weight excluding hydrogens is 451 g/mol. The summed E-state index contributed by atoms with van der Waals surface area (Å²) in [6.07, 6.45) is 6.59. The van der Waals surface area contributed by atoms with E-state index in [1.807, 2.05) is 37.4 Å². The first-order valence-corrected chi connectivity index (χ1v) is 11.6. The van der Waals surface area contributed by atoms with Crippen LogP contribution in [0.25, 0.3) is 56.0 Å². The van der Waals surface area contributed by atoms with Gasteiger partial charge in [-0.05, 0) is 48.4 Å². The molecule has 0 aliphatic rings. The molecule has 6 heterocycles. The summed E-state index contributed by atoms with van der Waals surface area (Å²) >= 11 is 1.62. The summed E-state index contributed by atoms with van der Waals surface area (Å²) in [6, 6.07) is 6.03. The summed E-state index contributed by atoms with van der Waals surface area (Å²) in [5.41, 5.74) is 5.78. The van der Waals surface area contributed by atoms with Crippen LogP contribution in [0.1, 0.15) is 13.8 Å². The summed E-state index contributed by atoms with van der Waals surface area (Å²) in [4.78, 5) is 20.9. The predicted octanol–water partition coefficient (Wildman–Crippen LogP) is 5.65. The van der Waals surface area contributed by atoms with Crippen molar-refractivity contribution in [3.63, 3.8) is 0 Å². The number of halogens is 1. The van der Waals surface area contributed by atoms with Crippen LogP contribution in [0, 0.1) is 5.82 Å². The summed E-state index contributed by atoms with van der Waals surface area (Å²) < 4.78 is 15.9. The number of nitrogens with one attached hydrogen (secondary N) is 3. The molecule has 3 N–H and O–H groups in total. The van der Waals surface area contributed by atoms with E-state index in [0.29, 0.717) is 33.6 Å². The highest BCUT2D eigenvalue weighted by Crippen LogP contribution is 2.34. The number of thiophene rings is 1. The molecule has 0 aliphatic carbocycles. The lowest BCUT2D eigenvalue weighted by molar-refractivity contribution is 0.638. The standard InChI is InChI=1S/C24H19FN8S/c1-12(2)29-15-7-14(8-26-9-15)20-19(25)18-17(10-28-20)32-33-22(18)24-30-21-16(13-4-6-34-11-13)3-5-27-23(21)31-24/h3-12,29H,1-2H3,(H,32,33)(H,27,30,31). The largest absolute Gasteiger partial charge is 0.382 e. The zero-order chi connectivity index (χ0) is 23.2. The molecule has 6 aromatic rings. The fourth-order valence-corrected chi connectivity index (χ4v) is 4.67. The number of H-pyrrole nitrogens is 2. The average molecular weight is 471 g/mol. The van der Waals surface area contributed by atoms with Gasteiger partial charge in [-0.25, -0.2) is 14.4 Å². The molecule has 0 saturated heterocycles. The van der Waals surface area contributed by atoms with Crippen LogP contribution in [0.4, 0.5) is 10.1 Å². The Kier molecular flexibility index (Phi) is 4.80. The van der Waals surface area contributed by atoms with Gasteiger partial charge in [-0.15, -0.1) is 0 Å². The minimum absolute atomic E-state index is 0.197. The number of rotatable bonds is 5. The molecule has 168 valence electrons. The molecule has 10 heteroatoms. The number of pyridine rings is 3. The fourth-order valence-electron chi connectivity index (χ4n) is 4.01. The first kappa shape index (κ1) is 20.4. The third-order valence-electron chi connectivity index (χ3n) is 5.46. The van der Waals surface area contributed by atoms with Gasteiger partial charge in [0.2, 0.25) is 0 Å². The van der Waals surface area contributed by atoms with Gasteiger partial charge in [-0.1, -0.05) is 0 Å². The van der Waals surface area contributed by atoms with E-state index < -0.39 is 5.82 Å². The number of anilines is 1. The van der Waals surface area contributed by atoms with E-state index in [9.17, 15) is 0 Å². The topological polar surface area (TPSA) is 108 Å². The number of hydrogen-bond acceptors (Lipinski definition) is 7. The average Bonchev–Trinajstić information content (AvgIpc) is 3.57. The van der Waals surface area contributed by atoms with Crippen molar-refractivity contribution in [2.75, 3.05) is 5.32 Å². The summed E-state index contributed by atoms with van der Waals surface area (Å²) in [5, 5.41) is 14.9. The maximum Gasteiger partial charge on any atom is 0.178 e. The highest BCUT2D eigenvalue weighted by Gasteiger charge is 2.21. The number of aromatic amines is 2. The Labute approximate surface area is 197 Å². The van der Waals surface area contributed by atoms with Crippen LogP contribution in [-0.2, 0) is 0 Å². The third-order valence-corrected chi connectivity index (χ3v) is 6.14. The Hall–Kier alpha value is -4.18. The van der Waals surface area contributed by atoms with E-state index >= 15 is 4.39 Å². The van der Waals surface area contributed by atoms with Gasteiger partial charge in [0, 0.05) is 35.8 Å². The van der Waals surface area contributed by atoms with E-state index in [1.54, 1.807) is 36.1 Å². The quantitative estimate of drug-likeness (QED) is 0.301. The molecule has 0 spiro atoms. The van der Waals surface area contributed by atoms with E-state index in [1.165, 1.54) is 0 Å². The smallest absolute Gasteiger partial charge is 0.178 e. The molecule has 0 aromatic carbocycles. The molecule has 0 fully saturated rings. The van der Waals surface area contributed by atoms with Gasteiger partial charge in [-0.2, -0.15) is 16.4 Å². The Morgan fingerprint density at radius 2 is 1.97 bits per heavy atom. The molecule has 0 unspecified atom stereocenters. The molecule has 0 radical (unpaired) electrons. The van der Waals surface area contributed by atoms with E-state index in [2.05, 4.69) is 45.8 Å². The minimum atomic E-state index is -0.490. The lowest BCUT2D eigenvalue weighted by atomic mass is 10.1. The lowest BCUT2D eigenvalue weighted by Gasteiger charge is -2.11. The number of aromatic nitrogens is 7. The van der Waals surface area contributed by atoms with Crippen LogP contribution in [0.3, 0.4) is 0 Å². The monoisotopic (exact) mass is 470 g/mol. The van der Waals surface area contributed by atoms with Crippen LogP contribution in [-0.4, -0.2) is 41.2 Å². The predicted molar refractivity (Wildman–Crippen MR) is 132 cm³/mol. The van der Waals surface area contributed by atoms with Crippen molar-refractivity contribution in [2.45, 2.75) is 19.9 Å². The van der Waals surface area contributed by atoms with Gasteiger partial charge in [-0.3, -0.25) is 15.1 Å². The first-order chi connectivity index (χ1) is 16.6. The van der Waals surface area contributed by atoms with Crippen LogP contribution in [0.5, 0.6) is 0 Å². The molecule has 6 rings (SSSR count). The van der Waals surface area contributed by atoms with E-state index in [4.69, 9.17) is 0 Å². The molecule has 0 saturated carbocycles.